The summed E-state index contributed by atoms with van der Waals surface area (Å²) in [6, 6.07) is 0. The number of rotatable bonds is 0. The summed E-state index contributed by atoms with van der Waals surface area (Å²) in [6.45, 7) is 3.63. The Balaban J connectivity index is 2.76. The lowest BCUT2D eigenvalue weighted by atomic mass is 10.0. The Kier molecular flexibility index (Phi) is 2.03. The molecule has 0 saturated heterocycles. The normalized spacial score (nSPS) is 14.1. The highest BCUT2D eigenvalue weighted by molar-refractivity contribution is 9.10. The summed E-state index contributed by atoms with van der Waals surface area (Å²) in [4.78, 5) is 11.1. The average molecular weight is 257 g/mol. The first-order valence-electron chi connectivity index (χ1n) is 4.23. The fourth-order valence-electron chi connectivity index (χ4n) is 1.57. The van der Waals surface area contributed by atoms with E-state index in [4.69, 9.17) is 4.74 Å². The Morgan fingerprint density at radius 2 is 2.00 bits per heavy atom. The fourth-order valence-corrected chi connectivity index (χ4v) is 2.19. The number of hydrogen-bond donors (Lipinski definition) is 1. The highest BCUT2D eigenvalue weighted by atomic mass is 79.9. The van der Waals surface area contributed by atoms with Crippen molar-refractivity contribution in [2.45, 2.75) is 20.3 Å². The van der Waals surface area contributed by atoms with Gasteiger partial charge in [-0.3, -0.25) is 4.79 Å². The minimum Gasteiger partial charge on any atom is -0.506 e. The number of aromatic hydroxyl groups is 1. The topological polar surface area (TPSA) is 46.5 Å². The smallest absolute Gasteiger partial charge is 0.315 e. The zero-order chi connectivity index (χ0) is 10.5. The highest BCUT2D eigenvalue weighted by Crippen LogP contribution is 2.43. The molecule has 1 heterocycles. The first-order chi connectivity index (χ1) is 6.52. The summed E-state index contributed by atoms with van der Waals surface area (Å²) in [6.07, 6.45) is 0.227. The lowest BCUT2D eigenvalue weighted by Gasteiger charge is -2.10. The highest BCUT2D eigenvalue weighted by Gasteiger charge is 2.28. The predicted octanol–water partition coefficient (Wildman–Crippen LogP) is 2.23. The molecule has 14 heavy (non-hydrogen) atoms. The number of hydrogen-bond acceptors (Lipinski definition) is 3. The van der Waals surface area contributed by atoms with Gasteiger partial charge in [0.1, 0.15) is 11.5 Å². The van der Waals surface area contributed by atoms with E-state index in [1.165, 1.54) is 0 Å². The molecule has 1 aromatic rings. The van der Waals surface area contributed by atoms with Crippen LogP contribution in [0, 0.1) is 13.8 Å². The first kappa shape index (κ1) is 9.52. The molecule has 0 unspecified atom stereocenters. The van der Waals surface area contributed by atoms with Crippen LogP contribution in [0.3, 0.4) is 0 Å². The van der Waals surface area contributed by atoms with Gasteiger partial charge in [-0.25, -0.2) is 0 Å². The SMILES string of the molecule is Cc1c(C)c2c(c(Br)c1O)CC(=O)O2. The number of fused-ring (bicyclic) bond motifs is 1. The summed E-state index contributed by atoms with van der Waals surface area (Å²) in [5.74, 6) is 0.519. The van der Waals surface area contributed by atoms with Gasteiger partial charge in [-0.2, -0.15) is 0 Å². The molecule has 0 fully saturated rings. The van der Waals surface area contributed by atoms with Gasteiger partial charge in [0, 0.05) is 5.56 Å². The Morgan fingerprint density at radius 3 is 2.64 bits per heavy atom. The maximum absolute atomic E-state index is 11.1. The third-order valence-corrected chi connectivity index (χ3v) is 3.40. The second kappa shape index (κ2) is 2.98. The Bertz CT molecular complexity index is 399. The third kappa shape index (κ3) is 1.14. The lowest BCUT2D eigenvalue weighted by Crippen LogP contribution is -2.00. The zero-order valence-corrected chi connectivity index (χ0v) is 9.43. The molecular formula is C10H9BrO3. The number of benzene rings is 1. The summed E-state index contributed by atoms with van der Waals surface area (Å²) < 4.78 is 5.64. The molecule has 1 aliphatic heterocycles. The van der Waals surface area contributed by atoms with Crippen molar-refractivity contribution in [1.29, 1.82) is 0 Å². The monoisotopic (exact) mass is 256 g/mol. The summed E-state index contributed by atoms with van der Waals surface area (Å²) in [7, 11) is 0. The van der Waals surface area contributed by atoms with Crippen LogP contribution in [0.15, 0.2) is 4.47 Å². The second-order valence-electron chi connectivity index (χ2n) is 3.37. The van der Waals surface area contributed by atoms with Crippen molar-refractivity contribution in [3.63, 3.8) is 0 Å². The number of ether oxygens (including phenoxy) is 1. The van der Waals surface area contributed by atoms with Crippen molar-refractivity contribution in [1.82, 2.24) is 0 Å². The maximum Gasteiger partial charge on any atom is 0.315 e. The van der Waals surface area contributed by atoms with E-state index < -0.39 is 0 Å². The van der Waals surface area contributed by atoms with Gasteiger partial charge in [0.15, 0.2) is 0 Å². The van der Waals surface area contributed by atoms with Crippen molar-refractivity contribution in [2.24, 2.45) is 0 Å². The fraction of sp³-hybridized carbons (Fsp3) is 0.300. The van der Waals surface area contributed by atoms with Crippen LogP contribution in [0.4, 0.5) is 0 Å². The van der Waals surface area contributed by atoms with E-state index in [1.54, 1.807) is 6.92 Å². The van der Waals surface area contributed by atoms with Crippen LogP contribution >= 0.6 is 15.9 Å². The first-order valence-corrected chi connectivity index (χ1v) is 5.03. The van der Waals surface area contributed by atoms with Gasteiger partial charge < -0.3 is 9.84 Å². The van der Waals surface area contributed by atoms with E-state index in [9.17, 15) is 9.90 Å². The number of carbonyl (C=O) groups excluding carboxylic acids is 1. The van der Waals surface area contributed by atoms with E-state index in [2.05, 4.69) is 15.9 Å². The number of phenolic OH excluding ortho intramolecular Hbond substituents is 1. The van der Waals surface area contributed by atoms with E-state index >= 15 is 0 Å². The molecule has 3 nitrogen and oxygen atoms in total. The van der Waals surface area contributed by atoms with Crippen molar-refractivity contribution in [2.75, 3.05) is 0 Å². The lowest BCUT2D eigenvalue weighted by molar-refractivity contribution is -0.131. The molecule has 0 saturated carbocycles. The summed E-state index contributed by atoms with van der Waals surface area (Å²) in [5.41, 5.74) is 2.31. The Morgan fingerprint density at radius 1 is 1.36 bits per heavy atom. The molecule has 0 bridgehead atoms. The van der Waals surface area contributed by atoms with Crippen molar-refractivity contribution in [3.05, 3.63) is 21.2 Å². The molecule has 1 N–H and O–H groups in total. The molecule has 0 aliphatic carbocycles. The van der Waals surface area contributed by atoms with Gasteiger partial charge in [-0.15, -0.1) is 0 Å². The molecule has 0 atom stereocenters. The number of halogens is 1. The second-order valence-corrected chi connectivity index (χ2v) is 4.16. The molecular weight excluding hydrogens is 248 g/mol. The van der Waals surface area contributed by atoms with Crippen molar-refractivity contribution < 1.29 is 14.6 Å². The van der Waals surface area contributed by atoms with E-state index in [0.717, 1.165) is 16.7 Å². The molecule has 4 heteroatoms. The van der Waals surface area contributed by atoms with Crippen LogP contribution in [0.5, 0.6) is 11.5 Å². The largest absolute Gasteiger partial charge is 0.506 e. The molecule has 1 aliphatic rings. The van der Waals surface area contributed by atoms with Gasteiger partial charge in [-0.05, 0) is 40.9 Å². The summed E-state index contributed by atoms with van der Waals surface area (Å²) >= 11 is 3.26. The molecule has 0 radical (unpaired) electrons. The Hall–Kier alpha value is -1.03. The van der Waals surface area contributed by atoms with Gasteiger partial charge in [0.25, 0.3) is 0 Å². The van der Waals surface area contributed by atoms with E-state index in [0.29, 0.717) is 10.2 Å². The van der Waals surface area contributed by atoms with Gasteiger partial charge in [-0.1, -0.05) is 0 Å². The molecule has 2 rings (SSSR count). The minimum absolute atomic E-state index is 0.194. The standard InChI is InChI=1S/C10H9BrO3/c1-4-5(2)10-6(3-7(12)14-10)8(11)9(4)13/h13H,3H2,1-2H3. The molecule has 0 aromatic heterocycles. The predicted molar refractivity (Wildman–Crippen MR) is 54.6 cm³/mol. The van der Waals surface area contributed by atoms with E-state index in [1.807, 2.05) is 6.92 Å². The Labute approximate surface area is 89.8 Å². The van der Waals surface area contributed by atoms with Gasteiger partial charge in [0.2, 0.25) is 0 Å². The number of esters is 1. The average Bonchev–Trinajstić information content (AvgIpc) is 2.54. The minimum atomic E-state index is -0.270. The molecule has 0 amide bonds. The zero-order valence-electron chi connectivity index (χ0n) is 7.85. The van der Waals surface area contributed by atoms with Crippen LogP contribution in [-0.4, -0.2) is 11.1 Å². The van der Waals surface area contributed by atoms with Crippen LogP contribution in [0.1, 0.15) is 16.7 Å². The molecule has 74 valence electrons. The number of carbonyl (C=O) groups is 1. The van der Waals surface area contributed by atoms with Gasteiger partial charge >= 0.3 is 5.97 Å². The van der Waals surface area contributed by atoms with Crippen LogP contribution in [0.2, 0.25) is 0 Å². The van der Waals surface area contributed by atoms with Gasteiger partial charge in [0.05, 0.1) is 10.9 Å². The molecule has 0 spiro atoms. The quantitative estimate of drug-likeness (QED) is 0.572. The maximum atomic E-state index is 11.1. The van der Waals surface area contributed by atoms with Crippen LogP contribution in [-0.2, 0) is 11.2 Å². The third-order valence-electron chi connectivity index (χ3n) is 2.54. The summed E-state index contributed by atoms with van der Waals surface area (Å²) in [5, 5.41) is 9.72. The van der Waals surface area contributed by atoms with E-state index in [-0.39, 0.29) is 18.1 Å². The van der Waals surface area contributed by atoms with Crippen molar-refractivity contribution >= 4 is 21.9 Å². The molecule has 1 aromatic carbocycles. The van der Waals surface area contributed by atoms with Crippen LogP contribution < -0.4 is 4.74 Å². The van der Waals surface area contributed by atoms with Crippen molar-refractivity contribution in [3.8, 4) is 11.5 Å². The number of phenols is 1. The van der Waals surface area contributed by atoms with Crippen LogP contribution in [0.25, 0.3) is 0 Å².